The first-order chi connectivity index (χ1) is 8.59. The molecule has 0 saturated carbocycles. The Bertz CT molecular complexity index is 554. The predicted molar refractivity (Wildman–Crippen MR) is 85.2 cm³/mol. The molecule has 3 heteroatoms. The van der Waals surface area contributed by atoms with Gasteiger partial charge in [0, 0.05) is 21.9 Å². The zero-order chi connectivity index (χ0) is 13.1. The van der Waals surface area contributed by atoms with Crippen molar-refractivity contribution in [2.24, 2.45) is 0 Å². The molecule has 0 N–H and O–H groups in total. The van der Waals surface area contributed by atoms with Crippen molar-refractivity contribution in [2.45, 2.75) is 25.6 Å². The van der Waals surface area contributed by atoms with E-state index >= 15 is 0 Å². The van der Waals surface area contributed by atoms with Crippen LogP contribution in [0.2, 0.25) is 0 Å². The number of nitrogens with zero attached hydrogens (tertiary/aromatic N) is 1. The molecule has 0 spiro atoms. The molecule has 2 rings (SSSR count). The minimum absolute atomic E-state index is 0.0228. The van der Waals surface area contributed by atoms with Crippen LogP contribution >= 0.6 is 34.2 Å². The third-order valence-electron chi connectivity index (χ3n) is 3.05. The van der Waals surface area contributed by atoms with E-state index in [1.165, 1.54) is 20.3 Å². The van der Waals surface area contributed by atoms with Crippen molar-refractivity contribution in [1.29, 1.82) is 0 Å². The quantitative estimate of drug-likeness (QED) is 0.556. The Labute approximate surface area is 127 Å². The molecule has 94 valence electrons. The van der Waals surface area contributed by atoms with Crippen LogP contribution in [-0.4, -0.2) is 4.98 Å². The molecule has 1 aromatic heterocycles. The number of aromatic nitrogens is 1. The minimum atomic E-state index is -0.0228. The molecule has 1 nitrogen and oxygen atoms in total. The van der Waals surface area contributed by atoms with Crippen LogP contribution in [0.1, 0.15) is 27.8 Å². The first-order valence-corrected chi connectivity index (χ1v) is 7.40. The smallest absolute Gasteiger partial charge is 0.0651 e. The van der Waals surface area contributed by atoms with E-state index in [1.54, 1.807) is 0 Å². The van der Waals surface area contributed by atoms with Gasteiger partial charge in [0.2, 0.25) is 0 Å². The van der Waals surface area contributed by atoms with E-state index in [4.69, 9.17) is 11.6 Å². The van der Waals surface area contributed by atoms with Gasteiger partial charge in [0.1, 0.15) is 0 Å². The lowest BCUT2D eigenvalue weighted by Crippen LogP contribution is -2.02. The summed E-state index contributed by atoms with van der Waals surface area (Å²) in [6.45, 7) is 4.19. The number of rotatable bonds is 3. The van der Waals surface area contributed by atoms with E-state index in [0.29, 0.717) is 0 Å². The van der Waals surface area contributed by atoms with E-state index in [9.17, 15) is 0 Å². The van der Waals surface area contributed by atoms with Gasteiger partial charge < -0.3 is 0 Å². The van der Waals surface area contributed by atoms with Gasteiger partial charge >= 0.3 is 0 Å². The van der Waals surface area contributed by atoms with E-state index in [2.05, 4.69) is 65.7 Å². The monoisotopic (exact) mass is 371 g/mol. The number of pyridine rings is 1. The fraction of sp³-hybridized carbons (Fsp3) is 0.267. The summed E-state index contributed by atoms with van der Waals surface area (Å²) in [5, 5.41) is -0.0228. The van der Waals surface area contributed by atoms with E-state index < -0.39 is 0 Å². The highest BCUT2D eigenvalue weighted by Crippen LogP contribution is 2.30. The van der Waals surface area contributed by atoms with Crippen molar-refractivity contribution in [3.05, 3.63) is 62.5 Å². The Balaban J connectivity index is 2.25. The first kappa shape index (κ1) is 13.8. The van der Waals surface area contributed by atoms with Gasteiger partial charge in [-0.05, 0) is 59.2 Å². The van der Waals surface area contributed by atoms with Crippen LogP contribution in [0.25, 0.3) is 0 Å². The average Bonchev–Trinajstić information content (AvgIpc) is 2.35. The predicted octanol–water partition coefficient (Wildman–Crippen LogP) is 4.83. The summed E-state index contributed by atoms with van der Waals surface area (Å²) in [5.74, 6) is 0. The normalized spacial score (nSPS) is 12.4. The summed E-state index contributed by atoms with van der Waals surface area (Å²) in [6.07, 6.45) is 2.60. The summed E-state index contributed by atoms with van der Waals surface area (Å²) in [4.78, 5) is 4.41. The van der Waals surface area contributed by atoms with Crippen molar-refractivity contribution >= 4 is 34.2 Å². The molecule has 0 radical (unpaired) electrons. The molecule has 0 aliphatic heterocycles. The van der Waals surface area contributed by atoms with Gasteiger partial charge in [0.05, 0.1) is 5.38 Å². The zero-order valence-corrected chi connectivity index (χ0v) is 13.4. The largest absolute Gasteiger partial charge is 0.261 e. The van der Waals surface area contributed by atoms with Crippen LogP contribution < -0.4 is 0 Å². The maximum atomic E-state index is 6.55. The fourth-order valence-electron chi connectivity index (χ4n) is 1.92. The van der Waals surface area contributed by atoms with Crippen LogP contribution in [0.3, 0.4) is 0 Å². The average molecular weight is 372 g/mol. The summed E-state index contributed by atoms with van der Waals surface area (Å²) in [5.41, 5.74) is 4.75. The number of halogens is 2. The number of aryl methyl sites for hydroxylation is 2. The molecular weight excluding hydrogens is 357 g/mol. The van der Waals surface area contributed by atoms with Crippen molar-refractivity contribution in [2.75, 3.05) is 0 Å². The number of alkyl halides is 1. The molecule has 0 amide bonds. The van der Waals surface area contributed by atoms with Crippen LogP contribution in [0.4, 0.5) is 0 Å². The lowest BCUT2D eigenvalue weighted by atomic mass is 10.0. The Morgan fingerprint density at radius 1 is 1.17 bits per heavy atom. The van der Waals surface area contributed by atoms with Crippen LogP contribution in [-0.2, 0) is 6.42 Å². The highest BCUT2D eigenvalue weighted by atomic mass is 127. The van der Waals surface area contributed by atoms with E-state index in [-0.39, 0.29) is 5.38 Å². The SMILES string of the molecule is Cc1cccnc1CC(Cl)c1cccc(C)c1I. The van der Waals surface area contributed by atoms with Gasteiger partial charge in [-0.1, -0.05) is 24.3 Å². The van der Waals surface area contributed by atoms with Crippen molar-refractivity contribution in [3.63, 3.8) is 0 Å². The lowest BCUT2D eigenvalue weighted by molar-refractivity contribution is 0.864. The molecule has 0 aliphatic rings. The van der Waals surface area contributed by atoms with Gasteiger partial charge in [-0.25, -0.2) is 0 Å². The lowest BCUT2D eigenvalue weighted by Gasteiger charge is -2.14. The molecule has 1 atom stereocenters. The molecule has 0 saturated heterocycles. The number of benzene rings is 1. The Hall–Kier alpha value is -0.610. The molecule has 0 bridgehead atoms. The summed E-state index contributed by atoms with van der Waals surface area (Å²) < 4.78 is 1.25. The van der Waals surface area contributed by atoms with E-state index in [0.717, 1.165) is 12.1 Å². The zero-order valence-electron chi connectivity index (χ0n) is 10.5. The minimum Gasteiger partial charge on any atom is -0.261 e. The van der Waals surface area contributed by atoms with Crippen LogP contribution in [0.15, 0.2) is 36.5 Å². The van der Waals surface area contributed by atoms with Crippen molar-refractivity contribution in [3.8, 4) is 0 Å². The molecular formula is C15H15ClIN. The highest BCUT2D eigenvalue weighted by Gasteiger charge is 2.14. The fourth-order valence-corrected chi connectivity index (χ4v) is 3.17. The summed E-state index contributed by atoms with van der Waals surface area (Å²) >= 11 is 8.91. The van der Waals surface area contributed by atoms with Crippen LogP contribution in [0, 0.1) is 17.4 Å². The maximum Gasteiger partial charge on any atom is 0.0651 e. The maximum absolute atomic E-state index is 6.55. The standard InChI is InChI=1S/C15H15ClIN/c1-10-6-4-8-18-14(10)9-13(16)12-7-3-5-11(2)15(12)17/h3-8,13H,9H2,1-2H3. The Morgan fingerprint density at radius 3 is 2.61 bits per heavy atom. The molecule has 2 aromatic rings. The van der Waals surface area contributed by atoms with Gasteiger partial charge in [-0.3, -0.25) is 4.98 Å². The van der Waals surface area contributed by atoms with Crippen molar-refractivity contribution < 1.29 is 0 Å². The van der Waals surface area contributed by atoms with Gasteiger partial charge in [-0.15, -0.1) is 11.6 Å². The number of hydrogen-bond acceptors (Lipinski definition) is 1. The summed E-state index contributed by atoms with van der Waals surface area (Å²) in [6, 6.07) is 10.3. The third kappa shape index (κ3) is 3.04. The Morgan fingerprint density at radius 2 is 1.89 bits per heavy atom. The van der Waals surface area contributed by atoms with Crippen molar-refractivity contribution in [1.82, 2.24) is 4.98 Å². The molecule has 1 heterocycles. The molecule has 0 fully saturated rings. The molecule has 0 aliphatic carbocycles. The second kappa shape index (κ2) is 6.02. The van der Waals surface area contributed by atoms with Gasteiger partial charge in [0.15, 0.2) is 0 Å². The van der Waals surface area contributed by atoms with Crippen LogP contribution in [0.5, 0.6) is 0 Å². The second-order valence-electron chi connectivity index (χ2n) is 4.42. The topological polar surface area (TPSA) is 12.9 Å². The molecule has 18 heavy (non-hydrogen) atoms. The second-order valence-corrected chi connectivity index (χ2v) is 6.02. The number of hydrogen-bond donors (Lipinski definition) is 0. The Kier molecular flexibility index (Phi) is 4.62. The molecule has 1 aromatic carbocycles. The highest BCUT2D eigenvalue weighted by molar-refractivity contribution is 14.1. The van der Waals surface area contributed by atoms with E-state index in [1.807, 2.05) is 12.3 Å². The van der Waals surface area contributed by atoms with Gasteiger partial charge in [-0.2, -0.15) is 0 Å². The van der Waals surface area contributed by atoms with Gasteiger partial charge in [0.25, 0.3) is 0 Å². The molecule has 1 unspecified atom stereocenters. The first-order valence-electron chi connectivity index (χ1n) is 5.89. The third-order valence-corrected chi connectivity index (χ3v) is 4.91. The summed E-state index contributed by atoms with van der Waals surface area (Å²) in [7, 11) is 0.